The van der Waals surface area contributed by atoms with Gasteiger partial charge in [-0.15, -0.1) is 0 Å². The molecule has 7 nitrogen and oxygen atoms in total. The summed E-state index contributed by atoms with van der Waals surface area (Å²) in [6, 6.07) is 18.7. The number of rotatable bonds is 5. The molecule has 0 fully saturated rings. The standard InChI is InChI=1S/C28H23ClN2O5/c1-17-27(30-28(33)35-18(2)23-6-4-5-7-24(23)29)25(36-31-17)13-10-19-8-11-22-15-20(16-26(32)34-3)9-12-21(22)14-19/h4-9,11-12,14-15,18H,16H2,1-3H3,(H,30,33). The van der Waals surface area contributed by atoms with Gasteiger partial charge in [-0.3, -0.25) is 10.1 Å². The molecule has 1 unspecified atom stereocenters. The van der Waals surface area contributed by atoms with Gasteiger partial charge in [-0.2, -0.15) is 0 Å². The fourth-order valence-corrected chi connectivity index (χ4v) is 3.90. The molecule has 8 heteroatoms. The van der Waals surface area contributed by atoms with Crippen molar-refractivity contribution in [1.29, 1.82) is 0 Å². The number of hydrogen-bond acceptors (Lipinski definition) is 6. The van der Waals surface area contributed by atoms with Crippen LogP contribution in [0.1, 0.15) is 41.2 Å². The van der Waals surface area contributed by atoms with Gasteiger partial charge in [0.05, 0.1) is 13.5 Å². The predicted octanol–water partition coefficient (Wildman–Crippen LogP) is 6.21. The molecule has 1 amide bonds. The number of ether oxygens (including phenoxy) is 2. The highest BCUT2D eigenvalue weighted by Crippen LogP contribution is 2.26. The Labute approximate surface area is 213 Å². The van der Waals surface area contributed by atoms with Gasteiger partial charge in [0.1, 0.15) is 17.5 Å². The Morgan fingerprint density at radius 3 is 2.61 bits per heavy atom. The van der Waals surface area contributed by atoms with E-state index in [9.17, 15) is 9.59 Å². The van der Waals surface area contributed by atoms with Gasteiger partial charge in [0.25, 0.3) is 0 Å². The molecule has 4 rings (SSSR count). The molecule has 1 heterocycles. The second-order valence-electron chi connectivity index (χ2n) is 8.07. The summed E-state index contributed by atoms with van der Waals surface area (Å²) in [5.41, 5.74) is 3.13. The van der Waals surface area contributed by atoms with Crippen LogP contribution in [-0.4, -0.2) is 24.3 Å². The zero-order valence-corrected chi connectivity index (χ0v) is 20.7. The number of nitrogens with zero attached hydrogens (tertiary/aromatic N) is 1. The van der Waals surface area contributed by atoms with Gasteiger partial charge in [0.15, 0.2) is 0 Å². The molecule has 36 heavy (non-hydrogen) atoms. The number of carbonyl (C=O) groups excluding carboxylic acids is 2. The van der Waals surface area contributed by atoms with Crippen molar-refractivity contribution in [1.82, 2.24) is 5.16 Å². The van der Waals surface area contributed by atoms with Crippen LogP contribution >= 0.6 is 11.6 Å². The second-order valence-corrected chi connectivity index (χ2v) is 8.47. The summed E-state index contributed by atoms with van der Waals surface area (Å²) in [6.45, 7) is 3.43. The maximum Gasteiger partial charge on any atom is 0.412 e. The van der Waals surface area contributed by atoms with Gasteiger partial charge in [0, 0.05) is 16.1 Å². The Morgan fingerprint density at radius 1 is 1.08 bits per heavy atom. The average molecular weight is 503 g/mol. The predicted molar refractivity (Wildman–Crippen MR) is 137 cm³/mol. The molecule has 0 aliphatic carbocycles. The van der Waals surface area contributed by atoms with Crippen LogP contribution in [0.25, 0.3) is 10.8 Å². The van der Waals surface area contributed by atoms with Crippen molar-refractivity contribution in [3.8, 4) is 11.8 Å². The minimum absolute atomic E-state index is 0.211. The smallest absolute Gasteiger partial charge is 0.412 e. The molecule has 0 saturated carbocycles. The number of amides is 1. The number of halogens is 1. The van der Waals surface area contributed by atoms with E-state index in [-0.39, 0.29) is 18.2 Å². The van der Waals surface area contributed by atoms with E-state index in [2.05, 4.69) is 22.3 Å². The van der Waals surface area contributed by atoms with Crippen molar-refractivity contribution < 1.29 is 23.6 Å². The summed E-state index contributed by atoms with van der Waals surface area (Å²) >= 11 is 6.19. The van der Waals surface area contributed by atoms with Crippen molar-refractivity contribution >= 4 is 40.1 Å². The summed E-state index contributed by atoms with van der Waals surface area (Å²) in [4.78, 5) is 24.0. The molecule has 1 atom stereocenters. The number of aromatic nitrogens is 1. The van der Waals surface area contributed by atoms with Crippen LogP contribution < -0.4 is 5.32 Å². The van der Waals surface area contributed by atoms with Gasteiger partial charge in [-0.1, -0.05) is 65.1 Å². The van der Waals surface area contributed by atoms with E-state index >= 15 is 0 Å². The number of nitrogens with one attached hydrogen (secondary N) is 1. The fourth-order valence-electron chi connectivity index (χ4n) is 3.61. The Kier molecular flexibility index (Phi) is 7.57. The molecule has 0 bridgehead atoms. The number of methoxy groups -OCH3 is 1. The second kappa shape index (κ2) is 11.0. The highest BCUT2D eigenvalue weighted by Gasteiger charge is 2.19. The minimum atomic E-state index is -0.676. The third-order valence-corrected chi connectivity index (χ3v) is 5.86. The lowest BCUT2D eigenvalue weighted by Crippen LogP contribution is -2.17. The summed E-state index contributed by atoms with van der Waals surface area (Å²) in [6.07, 6.45) is -1.02. The molecule has 0 spiro atoms. The van der Waals surface area contributed by atoms with E-state index in [1.165, 1.54) is 7.11 Å². The van der Waals surface area contributed by atoms with E-state index in [0.717, 1.165) is 21.9 Å². The lowest BCUT2D eigenvalue weighted by atomic mass is 10.0. The molecule has 0 radical (unpaired) electrons. The lowest BCUT2D eigenvalue weighted by Gasteiger charge is -2.15. The molecular formula is C28H23ClN2O5. The van der Waals surface area contributed by atoms with Crippen LogP contribution in [0.15, 0.2) is 65.2 Å². The van der Waals surface area contributed by atoms with Gasteiger partial charge in [-0.25, -0.2) is 4.79 Å². The van der Waals surface area contributed by atoms with Gasteiger partial charge in [-0.05, 0) is 54.3 Å². The third kappa shape index (κ3) is 5.85. The monoisotopic (exact) mass is 502 g/mol. The first-order valence-electron chi connectivity index (χ1n) is 11.1. The highest BCUT2D eigenvalue weighted by atomic mass is 35.5. The Bertz CT molecular complexity index is 1500. The maximum absolute atomic E-state index is 12.5. The minimum Gasteiger partial charge on any atom is -0.469 e. The number of fused-ring (bicyclic) bond motifs is 1. The molecule has 4 aromatic rings. The fraction of sp³-hybridized carbons (Fsp3) is 0.179. The molecule has 1 N–H and O–H groups in total. The van der Waals surface area contributed by atoms with E-state index in [1.54, 1.807) is 26.0 Å². The number of carbonyl (C=O) groups is 2. The van der Waals surface area contributed by atoms with Crippen LogP contribution in [0, 0.1) is 18.8 Å². The molecule has 0 saturated heterocycles. The van der Waals surface area contributed by atoms with E-state index in [0.29, 0.717) is 22.0 Å². The topological polar surface area (TPSA) is 90.7 Å². The van der Waals surface area contributed by atoms with Gasteiger partial charge < -0.3 is 14.0 Å². The largest absolute Gasteiger partial charge is 0.469 e. The number of aryl methyl sites for hydroxylation is 1. The average Bonchev–Trinajstić information content (AvgIpc) is 3.21. The lowest BCUT2D eigenvalue weighted by molar-refractivity contribution is -0.139. The summed E-state index contributed by atoms with van der Waals surface area (Å²) in [5, 5.41) is 9.06. The Hall–Kier alpha value is -4.28. The van der Waals surface area contributed by atoms with Crippen LogP contribution in [0.5, 0.6) is 0 Å². The number of hydrogen-bond donors (Lipinski definition) is 1. The van der Waals surface area contributed by atoms with Gasteiger partial charge in [0.2, 0.25) is 5.76 Å². The Morgan fingerprint density at radius 2 is 1.83 bits per heavy atom. The quantitative estimate of drug-likeness (QED) is 0.257. The normalized spacial score (nSPS) is 11.3. The molecule has 0 aliphatic rings. The van der Waals surface area contributed by atoms with Crippen molar-refractivity contribution in [2.75, 3.05) is 12.4 Å². The first kappa shape index (κ1) is 24.8. The zero-order chi connectivity index (χ0) is 25.7. The van der Waals surface area contributed by atoms with E-state index in [1.807, 2.05) is 48.5 Å². The molecule has 182 valence electrons. The van der Waals surface area contributed by atoms with Crippen molar-refractivity contribution in [3.05, 3.63) is 93.8 Å². The van der Waals surface area contributed by atoms with Crippen molar-refractivity contribution in [2.45, 2.75) is 26.4 Å². The van der Waals surface area contributed by atoms with Crippen LogP contribution in [0.2, 0.25) is 5.02 Å². The van der Waals surface area contributed by atoms with Crippen LogP contribution in [0.3, 0.4) is 0 Å². The van der Waals surface area contributed by atoms with Crippen LogP contribution in [0.4, 0.5) is 10.5 Å². The highest BCUT2D eigenvalue weighted by molar-refractivity contribution is 6.31. The maximum atomic E-state index is 12.5. The zero-order valence-electron chi connectivity index (χ0n) is 19.9. The van der Waals surface area contributed by atoms with E-state index < -0.39 is 12.2 Å². The third-order valence-electron chi connectivity index (χ3n) is 5.52. The first-order valence-corrected chi connectivity index (χ1v) is 11.5. The SMILES string of the molecule is COC(=O)Cc1ccc2cc(C#Cc3onc(C)c3NC(=O)OC(C)c3ccccc3Cl)ccc2c1. The van der Waals surface area contributed by atoms with Crippen molar-refractivity contribution in [3.63, 3.8) is 0 Å². The molecule has 1 aromatic heterocycles. The Balaban J connectivity index is 1.49. The summed E-state index contributed by atoms with van der Waals surface area (Å²) in [7, 11) is 1.37. The first-order chi connectivity index (χ1) is 17.3. The molecule has 3 aromatic carbocycles. The summed E-state index contributed by atoms with van der Waals surface area (Å²) in [5.74, 6) is 5.90. The molecular weight excluding hydrogens is 480 g/mol. The number of anilines is 1. The number of benzene rings is 3. The molecule has 0 aliphatic heterocycles. The number of esters is 1. The van der Waals surface area contributed by atoms with E-state index in [4.69, 9.17) is 25.6 Å². The van der Waals surface area contributed by atoms with Crippen LogP contribution in [-0.2, 0) is 20.7 Å². The van der Waals surface area contributed by atoms with Gasteiger partial charge >= 0.3 is 12.1 Å². The summed E-state index contributed by atoms with van der Waals surface area (Å²) < 4.78 is 15.5. The van der Waals surface area contributed by atoms with Crippen molar-refractivity contribution in [2.24, 2.45) is 0 Å².